The first-order valence-corrected chi connectivity index (χ1v) is 8.44. The number of anilines is 1. The zero-order chi connectivity index (χ0) is 19.4. The average Bonchev–Trinajstić information content (AvgIpc) is 3.10. The fraction of sp³-hybridized carbons (Fsp3) is 0.316. The second-order valence-corrected chi connectivity index (χ2v) is 6.22. The predicted molar refractivity (Wildman–Crippen MR) is 94.3 cm³/mol. The van der Waals surface area contributed by atoms with Crippen LogP contribution in [0, 0.1) is 11.7 Å². The maximum atomic E-state index is 13.7. The number of aromatic hydroxyl groups is 1. The Bertz CT molecular complexity index is 828. The molecule has 2 aromatic rings. The van der Waals surface area contributed by atoms with Crippen LogP contribution in [0.2, 0.25) is 0 Å². The summed E-state index contributed by atoms with van der Waals surface area (Å²) in [5, 5.41) is 21.2. The van der Waals surface area contributed by atoms with Gasteiger partial charge in [-0.15, -0.1) is 0 Å². The van der Waals surface area contributed by atoms with E-state index in [-0.39, 0.29) is 19.3 Å². The average molecular weight is 377 g/mol. The largest absolute Gasteiger partial charge is 0.505 e. The third-order valence-corrected chi connectivity index (χ3v) is 4.25. The molecule has 0 radical (unpaired) electrons. The van der Waals surface area contributed by atoms with E-state index in [2.05, 4.69) is 5.32 Å². The number of rotatable bonds is 6. The number of phenolic OH excluding ortho intramolecular Hbond substituents is 1. The summed E-state index contributed by atoms with van der Waals surface area (Å²) >= 11 is 0. The van der Waals surface area contributed by atoms with Crippen molar-refractivity contribution in [2.45, 2.75) is 19.4 Å². The molecule has 0 saturated carbocycles. The number of ether oxygens (including phenoxy) is 3. The van der Waals surface area contributed by atoms with Gasteiger partial charge in [0.05, 0.1) is 0 Å². The molecule has 3 N–H and O–H groups in total. The summed E-state index contributed by atoms with van der Waals surface area (Å²) in [7, 11) is 0. The Morgan fingerprint density at radius 3 is 2.78 bits per heavy atom. The number of aliphatic hydroxyl groups is 1. The first-order chi connectivity index (χ1) is 13.0. The number of amides is 1. The lowest BCUT2D eigenvalue weighted by Gasteiger charge is -2.24. The third-order valence-electron chi connectivity index (χ3n) is 4.25. The number of hydrogen-bond acceptors (Lipinski definition) is 6. The van der Waals surface area contributed by atoms with Crippen LogP contribution in [-0.4, -0.2) is 29.7 Å². The summed E-state index contributed by atoms with van der Waals surface area (Å²) in [5.41, 5.74) is 0.835. The number of nitrogens with one attached hydrogen (secondary N) is 1. The summed E-state index contributed by atoms with van der Waals surface area (Å²) in [4.78, 5) is 12.3. The van der Waals surface area contributed by atoms with E-state index < -0.39 is 23.8 Å². The molecule has 0 fully saturated rings. The van der Waals surface area contributed by atoms with Crippen LogP contribution in [0.3, 0.4) is 0 Å². The quantitative estimate of drug-likeness (QED) is 0.712. The standard InChI is InChI=1S/C19H20FNO6/c1-11(6-7-22)18(12-2-4-15(23)14(20)8-12)27-19(24)21-13-3-5-16-17(9-13)26-10-25-16/h2-5,8-9,11,18,22-23H,6-7,10H2,1H3,(H,21,24)/t11-,18-/m0/s1. The molecule has 0 spiro atoms. The number of fused-ring (bicyclic) bond motifs is 1. The van der Waals surface area contributed by atoms with Gasteiger partial charge < -0.3 is 24.4 Å². The molecule has 0 unspecified atom stereocenters. The monoisotopic (exact) mass is 377 g/mol. The lowest BCUT2D eigenvalue weighted by atomic mass is 9.94. The molecule has 1 heterocycles. The predicted octanol–water partition coefficient (Wildman–Crippen LogP) is 3.57. The van der Waals surface area contributed by atoms with E-state index in [1.807, 2.05) is 0 Å². The number of aliphatic hydroxyl groups excluding tert-OH is 1. The normalized spacial score (nSPS) is 14.5. The number of benzene rings is 2. The molecule has 0 bridgehead atoms. The van der Waals surface area contributed by atoms with Crippen molar-refractivity contribution in [2.75, 3.05) is 18.7 Å². The minimum Gasteiger partial charge on any atom is -0.505 e. The number of carbonyl (C=O) groups excluding carboxylic acids is 1. The van der Waals surface area contributed by atoms with Gasteiger partial charge in [-0.25, -0.2) is 9.18 Å². The second kappa shape index (κ2) is 8.13. The van der Waals surface area contributed by atoms with E-state index in [1.54, 1.807) is 25.1 Å². The lowest BCUT2D eigenvalue weighted by Crippen LogP contribution is -2.22. The smallest absolute Gasteiger partial charge is 0.412 e. The molecular formula is C19H20FNO6. The van der Waals surface area contributed by atoms with Crippen LogP contribution in [0.1, 0.15) is 25.0 Å². The Balaban J connectivity index is 1.74. The molecule has 0 saturated heterocycles. The van der Waals surface area contributed by atoms with Gasteiger partial charge in [-0.05, 0) is 42.2 Å². The zero-order valence-corrected chi connectivity index (χ0v) is 14.6. The number of hydrogen-bond donors (Lipinski definition) is 3. The lowest BCUT2D eigenvalue weighted by molar-refractivity contribution is 0.0665. The summed E-state index contributed by atoms with van der Waals surface area (Å²) in [6.07, 6.45) is -1.19. The van der Waals surface area contributed by atoms with Crippen LogP contribution in [0.15, 0.2) is 36.4 Å². The highest BCUT2D eigenvalue weighted by molar-refractivity contribution is 5.85. The van der Waals surface area contributed by atoms with Crippen molar-refractivity contribution in [3.63, 3.8) is 0 Å². The maximum absolute atomic E-state index is 13.7. The van der Waals surface area contributed by atoms with E-state index in [9.17, 15) is 19.4 Å². The van der Waals surface area contributed by atoms with Crippen molar-refractivity contribution in [1.82, 2.24) is 0 Å². The Labute approximate surface area is 155 Å². The summed E-state index contributed by atoms with van der Waals surface area (Å²) in [6, 6.07) is 8.70. The fourth-order valence-electron chi connectivity index (χ4n) is 2.80. The Kier molecular flexibility index (Phi) is 5.66. The van der Waals surface area contributed by atoms with E-state index in [1.165, 1.54) is 12.1 Å². The van der Waals surface area contributed by atoms with E-state index in [4.69, 9.17) is 14.2 Å². The molecule has 0 aliphatic carbocycles. The molecule has 2 atom stereocenters. The van der Waals surface area contributed by atoms with Gasteiger partial charge in [-0.2, -0.15) is 0 Å². The third kappa shape index (κ3) is 4.40. The molecule has 3 rings (SSSR count). The van der Waals surface area contributed by atoms with Crippen LogP contribution in [0.5, 0.6) is 17.2 Å². The first kappa shape index (κ1) is 18.8. The van der Waals surface area contributed by atoms with Crippen molar-refractivity contribution < 1.29 is 33.6 Å². The molecule has 1 aliphatic heterocycles. The van der Waals surface area contributed by atoms with Crippen LogP contribution >= 0.6 is 0 Å². The Hall–Kier alpha value is -3.00. The van der Waals surface area contributed by atoms with Crippen molar-refractivity contribution in [3.05, 3.63) is 47.8 Å². The van der Waals surface area contributed by atoms with Crippen LogP contribution in [0.4, 0.5) is 14.9 Å². The van der Waals surface area contributed by atoms with Crippen LogP contribution in [-0.2, 0) is 4.74 Å². The Morgan fingerprint density at radius 1 is 1.26 bits per heavy atom. The topological polar surface area (TPSA) is 97.3 Å². The number of phenols is 1. The first-order valence-electron chi connectivity index (χ1n) is 8.44. The number of halogens is 1. The van der Waals surface area contributed by atoms with Gasteiger partial charge in [0.1, 0.15) is 6.10 Å². The van der Waals surface area contributed by atoms with Crippen molar-refractivity contribution in [3.8, 4) is 17.2 Å². The van der Waals surface area contributed by atoms with Gasteiger partial charge in [0.15, 0.2) is 23.1 Å². The van der Waals surface area contributed by atoms with Crippen molar-refractivity contribution >= 4 is 11.8 Å². The molecule has 2 aromatic carbocycles. The van der Waals surface area contributed by atoms with Gasteiger partial charge >= 0.3 is 6.09 Å². The molecule has 0 aromatic heterocycles. The summed E-state index contributed by atoms with van der Waals surface area (Å²) < 4.78 is 29.7. The zero-order valence-electron chi connectivity index (χ0n) is 14.6. The van der Waals surface area contributed by atoms with Crippen molar-refractivity contribution in [1.29, 1.82) is 0 Å². The van der Waals surface area contributed by atoms with Crippen molar-refractivity contribution in [2.24, 2.45) is 5.92 Å². The molecule has 1 amide bonds. The van der Waals surface area contributed by atoms with E-state index in [0.29, 0.717) is 29.2 Å². The minimum absolute atomic E-state index is 0.106. The molecule has 7 nitrogen and oxygen atoms in total. The molecular weight excluding hydrogens is 357 g/mol. The fourth-order valence-corrected chi connectivity index (χ4v) is 2.80. The van der Waals surface area contributed by atoms with Gasteiger partial charge in [-0.3, -0.25) is 5.32 Å². The van der Waals surface area contributed by atoms with Gasteiger partial charge in [0.2, 0.25) is 6.79 Å². The van der Waals surface area contributed by atoms with Gasteiger partial charge in [-0.1, -0.05) is 13.0 Å². The molecule has 1 aliphatic rings. The van der Waals surface area contributed by atoms with E-state index in [0.717, 1.165) is 6.07 Å². The maximum Gasteiger partial charge on any atom is 0.412 e. The van der Waals surface area contributed by atoms with Gasteiger partial charge in [0.25, 0.3) is 0 Å². The number of carbonyl (C=O) groups is 1. The molecule has 144 valence electrons. The molecule has 8 heteroatoms. The summed E-state index contributed by atoms with van der Waals surface area (Å²) in [6.45, 7) is 1.79. The van der Waals surface area contributed by atoms with Crippen LogP contribution < -0.4 is 14.8 Å². The Morgan fingerprint density at radius 2 is 2.04 bits per heavy atom. The van der Waals surface area contributed by atoms with Gasteiger partial charge in [0, 0.05) is 18.4 Å². The minimum atomic E-state index is -0.812. The van der Waals surface area contributed by atoms with E-state index >= 15 is 0 Å². The molecule has 27 heavy (non-hydrogen) atoms. The highest BCUT2D eigenvalue weighted by atomic mass is 19.1. The SMILES string of the molecule is C[C@@H](CCO)[C@H](OC(=O)Nc1ccc2c(c1)OCO2)c1ccc(O)c(F)c1. The highest BCUT2D eigenvalue weighted by Gasteiger charge is 2.25. The second-order valence-electron chi connectivity index (χ2n) is 6.22. The van der Waals surface area contributed by atoms with Crippen LogP contribution in [0.25, 0.3) is 0 Å². The highest BCUT2D eigenvalue weighted by Crippen LogP contribution is 2.35. The summed E-state index contributed by atoms with van der Waals surface area (Å²) in [5.74, 6) is -0.478.